The minimum absolute atomic E-state index is 0. The fourth-order valence-corrected chi connectivity index (χ4v) is 12.8. The van der Waals surface area contributed by atoms with E-state index in [-0.39, 0.29) is 42.7 Å². The number of benzene rings is 7. The Morgan fingerprint density at radius 3 is 1.69 bits per heavy atom. The van der Waals surface area contributed by atoms with Gasteiger partial charge in [-0.2, -0.15) is 6.07 Å². The molecular weight excluding hydrogens is 1080 g/mol. The Hall–Kier alpha value is -6.42. The van der Waals surface area contributed by atoms with E-state index in [1.54, 1.807) is 0 Å². The Balaban J connectivity index is 0.00000588. The normalized spacial score (nSPS) is 16.5. The summed E-state index contributed by atoms with van der Waals surface area (Å²) in [4.78, 5) is 9.87. The van der Waals surface area contributed by atoms with Crippen LogP contribution in [-0.4, -0.2) is 9.55 Å². The van der Waals surface area contributed by atoms with Crippen molar-refractivity contribution in [2.24, 2.45) is 0 Å². The summed E-state index contributed by atoms with van der Waals surface area (Å²) >= 11 is 0. The van der Waals surface area contributed by atoms with E-state index in [9.17, 15) is 0 Å². The number of hydrogen-bond donors (Lipinski definition) is 0. The molecule has 0 radical (unpaired) electrons. The SMILES string of the molecule is CC(C)(C)c1cc(Oc2[c-]c3c(cc2)c2ccccc2n3-c2cc(C(C)(C)C)ccn2)[c-]c(N2[CH-]N(c3c(C4(c5ccccc5)CCCCC4)cccc3C3(c4ccccc4)CCCCC3)c3ccccc32)c1.[Pt]. The summed E-state index contributed by atoms with van der Waals surface area (Å²) in [5.74, 6) is 2.14. The van der Waals surface area contributed by atoms with Gasteiger partial charge in [0.15, 0.2) is 0 Å². The summed E-state index contributed by atoms with van der Waals surface area (Å²) in [6.07, 6.45) is 13.8. The van der Waals surface area contributed by atoms with Crippen LogP contribution < -0.4 is 14.5 Å². The number of anilines is 4. The van der Waals surface area contributed by atoms with Crippen LogP contribution in [0.1, 0.15) is 139 Å². The van der Waals surface area contributed by atoms with Crippen LogP contribution in [0.25, 0.3) is 27.6 Å². The van der Waals surface area contributed by atoms with E-state index >= 15 is 0 Å². The third kappa shape index (κ3) is 8.77. The second-order valence-corrected chi connectivity index (χ2v) is 23.1. The van der Waals surface area contributed by atoms with Crippen molar-refractivity contribution in [3.05, 3.63) is 222 Å². The van der Waals surface area contributed by atoms with Crippen LogP contribution in [0, 0.1) is 18.8 Å². The van der Waals surface area contributed by atoms with Gasteiger partial charge in [-0.1, -0.05) is 195 Å². The van der Waals surface area contributed by atoms with Gasteiger partial charge in [-0.05, 0) is 100 Å². The van der Waals surface area contributed by atoms with E-state index in [0.717, 1.165) is 70.2 Å². The van der Waals surface area contributed by atoms with Crippen molar-refractivity contribution in [1.29, 1.82) is 0 Å². The second kappa shape index (κ2) is 19.7. The van der Waals surface area contributed by atoms with Crippen LogP contribution in [0.2, 0.25) is 0 Å². The Morgan fingerprint density at radius 2 is 1.08 bits per heavy atom. The number of hydrogen-bond acceptors (Lipinski definition) is 4. The number of fused-ring (bicyclic) bond motifs is 4. The van der Waals surface area contributed by atoms with Crippen molar-refractivity contribution in [2.75, 3.05) is 9.80 Å². The van der Waals surface area contributed by atoms with E-state index < -0.39 is 0 Å². The maximum Gasteiger partial charge on any atom is 0.135 e. The Bertz CT molecular complexity index is 3380. The van der Waals surface area contributed by atoms with Crippen molar-refractivity contribution < 1.29 is 25.8 Å². The number of pyridine rings is 1. The van der Waals surface area contributed by atoms with E-state index in [4.69, 9.17) is 9.72 Å². The molecule has 2 fully saturated rings. The van der Waals surface area contributed by atoms with E-state index in [0.29, 0.717) is 11.5 Å². The largest absolute Gasteiger partial charge is 0.509 e. The number of ether oxygens (including phenoxy) is 1. The Labute approximate surface area is 453 Å². The molecule has 74 heavy (non-hydrogen) atoms. The Morgan fingerprint density at radius 1 is 0.514 bits per heavy atom. The van der Waals surface area contributed by atoms with Gasteiger partial charge in [0.1, 0.15) is 5.82 Å². The molecule has 0 spiro atoms. The van der Waals surface area contributed by atoms with E-state index in [1.165, 1.54) is 77.7 Å². The monoisotopic (exact) mass is 1150 g/mol. The molecule has 0 unspecified atom stereocenters. The van der Waals surface area contributed by atoms with Crippen molar-refractivity contribution in [3.63, 3.8) is 0 Å². The van der Waals surface area contributed by atoms with Gasteiger partial charge >= 0.3 is 0 Å². The second-order valence-electron chi connectivity index (χ2n) is 23.1. The first-order chi connectivity index (χ1) is 35.4. The standard InChI is InChI=1S/C68H67N4O.Pt/c1-65(2,3)50-36-41-69-63(44-50)72-59-31-16-15-28-55(59)56-35-34-53(46-62(56)72)73-54-43-51(66(4,5)6)42-52(45-54)70-47-71(61-33-18-17-32-60(61)70)64-57(67(37-19-9-20-38-67)48-24-11-7-12-25-48)29-23-30-58(64)68(39-21-10-22-40-68)49-26-13-8-14-27-49;/h7-8,11-18,23-36,41-44,47H,9-10,19-22,37-40H2,1-6H3;/q-3;. The number of aromatic nitrogens is 2. The minimum atomic E-state index is -0.184. The third-order valence-electron chi connectivity index (χ3n) is 16.6. The quantitative estimate of drug-likeness (QED) is 0.135. The smallest absolute Gasteiger partial charge is 0.135 e. The molecular formula is C68H67N4OPt-3. The molecule has 378 valence electrons. The summed E-state index contributed by atoms with van der Waals surface area (Å²) in [7, 11) is 0. The van der Waals surface area contributed by atoms with Gasteiger partial charge in [-0.15, -0.1) is 53.6 Å². The topological polar surface area (TPSA) is 33.5 Å². The van der Waals surface area contributed by atoms with E-state index in [1.807, 2.05) is 6.20 Å². The molecule has 2 aliphatic carbocycles. The summed E-state index contributed by atoms with van der Waals surface area (Å²) in [6.45, 7) is 15.9. The molecule has 1 aliphatic heterocycles. The molecule has 0 N–H and O–H groups in total. The molecule has 0 bridgehead atoms. The zero-order valence-corrected chi connectivity index (χ0v) is 46.1. The van der Waals surface area contributed by atoms with Gasteiger partial charge in [0.2, 0.25) is 0 Å². The molecule has 0 saturated heterocycles. The molecule has 12 rings (SSSR count). The number of rotatable bonds is 9. The molecule has 0 amide bonds. The molecule has 7 aromatic carbocycles. The number of para-hydroxylation sites is 4. The fourth-order valence-electron chi connectivity index (χ4n) is 12.8. The molecule has 2 aromatic heterocycles. The van der Waals surface area contributed by atoms with Crippen LogP contribution in [0.4, 0.5) is 22.7 Å². The maximum absolute atomic E-state index is 7.01. The van der Waals surface area contributed by atoms with Gasteiger partial charge in [-0.25, -0.2) is 4.98 Å². The summed E-state index contributed by atoms with van der Waals surface area (Å²) < 4.78 is 9.24. The first-order valence-corrected chi connectivity index (χ1v) is 26.9. The van der Waals surface area contributed by atoms with Crippen molar-refractivity contribution >= 4 is 44.6 Å². The minimum Gasteiger partial charge on any atom is -0.509 e. The zero-order chi connectivity index (χ0) is 50.0. The van der Waals surface area contributed by atoms with Crippen LogP contribution >= 0.6 is 0 Å². The molecule has 9 aromatic rings. The van der Waals surface area contributed by atoms with Gasteiger partial charge in [0.25, 0.3) is 0 Å². The van der Waals surface area contributed by atoms with Crippen LogP contribution in [0.5, 0.6) is 11.5 Å². The fraction of sp³-hybridized carbons (Fsp3) is 0.294. The van der Waals surface area contributed by atoms with Crippen molar-refractivity contribution in [1.82, 2.24) is 9.55 Å². The van der Waals surface area contributed by atoms with Gasteiger partial charge < -0.3 is 19.1 Å². The Kier molecular flexibility index (Phi) is 13.2. The summed E-state index contributed by atoms with van der Waals surface area (Å²) in [5, 5.41) is 2.26. The average molecular weight is 1150 g/mol. The third-order valence-corrected chi connectivity index (χ3v) is 16.6. The number of nitrogens with zero attached hydrogens (tertiary/aromatic N) is 4. The molecule has 3 aliphatic rings. The molecule has 6 heteroatoms. The van der Waals surface area contributed by atoms with Gasteiger partial charge in [0.05, 0.1) is 0 Å². The van der Waals surface area contributed by atoms with Gasteiger partial charge in [-0.3, -0.25) is 0 Å². The van der Waals surface area contributed by atoms with Crippen LogP contribution in [0.3, 0.4) is 0 Å². The summed E-state index contributed by atoms with van der Waals surface area (Å²) in [5.41, 5.74) is 14.2. The first kappa shape index (κ1) is 49.8. The van der Waals surface area contributed by atoms with Crippen molar-refractivity contribution in [3.8, 4) is 17.3 Å². The molecule has 5 nitrogen and oxygen atoms in total. The summed E-state index contributed by atoms with van der Waals surface area (Å²) in [6, 6.07) is 68.4. The molecule has 3 heterocycles. The average Bonchev–Trinajstić information content (AvgIpc) is 3.97. The first-order valence-electron chi connectivity index (χ1n) is 26.9. The zero-order valence-electron chi connectivity index (χ0n) is 43.8. The van der Waals surface area contributed by atoms with Crippen LogP contribution in [0.15, 0.2) is 170 Å². The molecule has 0 atom stereocenters. The van der Waals surface area contributed by atoms with Gasteiger partial charge in [0, 0.05) is 72.2 Å². The van der Waals surface area contributed by atoms with Crippen LogP contribution in [-0.2, 0) is 42.7 Å². The van der Waals surface area contributed by atoms with E-state index in [2.05, 4.69) is 239 Å². The van der Waals surface area contributed by atoms with Crippen molar-refractivity contribution in [2.45, 2.75) is 127 Å². The predicted molar refractivity (Wildman–Crippen MR) is 302 cm³/mol. The predicted octanol–water partition coefficient (Wildman–Crippen LogP) is 18.1. The maximum atomic E-state index is 7.01. The molecule has 2 saturated carbocycles.